The molecule has 2 rings (SSSR count). The average molecular weight is 381 g/mol. The second-order valence-electron chi connectivity index (χ2n) is 7.35. The van der Waals surface area contributed by atoms with Gasteiger partial charge in [-0.05, 0) is 48.9 Å². The van der Waals surface area contributed by atoms with Gasteiger partial charge in [0.1, 0.15) is 0 Å². The van der Waals surface area contributed by atoms with Crippen LogP contribution < -0.4 is 16.0 Å². The minimum absolute atomic E-state index is 0.0758. The highest BCUT2D eigenvalue weighted by atomic mass is 16.2. The summed E-state index contributed by atoms with van der Waals surface area (Å²) in [7, 11) is 0. The van der Waals surface area contributed by atoms with Crippen molar-refractivity contribution in [1.82, 2.24) is 0 Å². The van der Waals surface area contributed by atoms with E-state index in [0.717, 1.165) is 5.56 Å². The molecule has 0 saturated carbocycles. The first-order valence-electron chi connectivity index (χ1n) is 9.31. The van der Waals surface area contributed by atoms with E-state index < -0.39 is 0 Å². The Hall–Kier alpha value is -3.15. The molecule has 6 nitrogen and oxygen atoms in total. The van der Waals surface area contributed by atoms with Gasteiger partial charge in [-0.2, -0.15) is 0 Å². The van der Waals surface area contributed by atoms with Crippen molar-refractivity contribution in [2.75, 3.05) is 16.0 Å². The van der Waals surface area contributed by atoms with E-state index in [-0.39, 0.29) is 29.6 Å². The number of carbonyl (C=O) groups excluding carboxylic acids is 3. The average Bonchev–Trinajstić information content (AvgIpc) is 2.64. The lowest BCUT2D eigenvalue weighted by atomic mass is 10.1. The lowest BCUT2D eigenvalue weighted by Crippen LogP contribution is -2.18. The van der Waals surface area contributed by atoms with Crippen molar-refractivity contribution in [3.8, 4) is 0 Å². The van der Waals surface area contributed by atoms with Crippen molar-refractivity contribution < 1.29 is 14.4 Å². The van der Waals surface area contributed by atoms with Gasteiger partial charge in [-0.15, -0.1) is 0 Å². The fraction of sp³-hybridized carbons (Fsp3) is 0.318. The summed E-state index contributed by atoms with van der Waals surface area (Å²) in [6.07, 6.45) is 0. The first-order chi connectivity index (χ1) is 13.2. The third kappa shape index (κ3) is 5.67. The van der Waals surface area contributed by atoms with Gasteiger partial charge in [0.2, 0.25) is 11.8 Å². The molecule has 0 unspecified atom stereocenters. The van der Waals surface area contributed by atoms with Crippen LogP contribution in [-0.4, -0.2) is 17.7 Å². The van der Waals surface area contributed by atoms with E-state index in [1.165, 1.54) is 0 Å². The summed E-state index contributed by atoms with van der Waals surface area (Å²) in [5.41, 5.74) is 3.26. The Morgan fingerprint density at radius 1 is 0.714 bits per heavy atom. The lowest BCUT2D eigenvalue weighted by Gasteiger charge is -2.13. The Morgan fingerprint density at radius 2 is 1.21 bits per heavy atom. The predicted molar refractivity (Wildman–Crippen MR) is 113 cm³/mol. The number of carbonyl (C=O) groups is 3. The molecule has 2 aromatic carbocycles. The highest BCUT2D eigenvalue weighted by Crippen LogP contribution is 2.22. The molecule has 6 heteroatoms. The van der Waals surface area contributed by atoms with Gasteiger partial charge in [-0.25, -0.2) is 0 Å². The Kier molecular flexibility index (Phi) is 6.93. The first kappa shape index (κ1) is 21.2. The molecule has 0 aromatic heterocycles. The number of benzene rings is 2. The van der Waals surface area contributed by atoms with Gasteiger partial charge in [-0.3, -0.25) is 14.4 Å². The van der Waals surface area contributed by atoms with Crippen molar-refractivity contribution in [2.45, 2.75) is 34.6 Å². The summed E-state index contributed by atoms with van der Waals surface area (Å²) in [6, 6.07) is 12.1. The van der Waals surface area contributed by atoms with E-state index >= 15 is 0 Å². The van der Waals surface area contributed by atoms with Crippen LogP contribution >= 0.6 is 0 Å². The number of hydrogen-bond acceptors (Lipinski definition) is 3. The third-order valence-electron chi connectivity index (χ3n) is 4.22. The molecular formula is C22H27N3O3. The normalized spacial score (nSPS) is 10.7. The SMILES string of the molecule is Cc1ccc(NC(=O)C(C)C)cc1NC(=O)c1ccc(NC(=O)C(C)C)cc1. The molecule has 0 aliphatic carbocycles. The summed E-state index contributed by atoms with van der Waals surface area (Å²) in [5, 5.41) is 8.49. The minimum atomic E-state index is -0.267. The quantitative estimate of drug-likeness (QED) is 0.691. The fourth-order valence-electron chi connectivity index (χ4n) is 2.31. The molecule has 0 aliphatic heterocycles. The lowest BCUT2D eigenvalue weighted by molar-refractivity contribution is -0.119. The topological polar surface area (TPSA) is 87.3 Å². The molecule has 0 aliphatic rings. The van der Waals surface area contributed by atoms with Gasteiger partial charge < -0.3 is 16.0 Å². The molecule has 0 saturated heterocycles. The highest BCUT2D eigenvalue weighted by molar-refractivity contribution is 6.05. The summed E-state index contributed by atoms with van der Waals surface area (Å²) >= 11 is 0. The third-order valence-corrected chi connectivity index (χ3v) is 4.22. The molecule has 3 amide bonds. The van der Waals surface area contributed by atoms with Crippen LogP contribution in [0.2, 0.25) is 0 Å². The van der Waals surface area contributed by atoms with Crippen molar-refractivity contribution in [1.29, 1.82) is 0 Å². The van der Waals surface area contributed by atoms with Gasteiger partial charge in [-0.1, -0.05) is 33.8 Å². The second-order valence-corrected chi connectivity index (χ2v) is 7.35. The highest BCUT2D eigenvalue weighted by Gasteiger charge is 2.12. The van der Waals surface area contributed by atoms with Crippen LogP contribution in [0.1, 0.15) is 43.6 Å². The Morgan fingerprint density at radius 3 is 1.75 bits per heavy atom. The van der Waals surface area contributed by atoms with Gasteiger partial charge >= 0.3 is 0 Å². The molecular weight excluding hydrogens is 354 g/mol. The number of amides is 3. The van der Waals surface area contributed by atoms with Gasteiger partial charge in [0, 0.05) is 34.5 Å². The second kappa shape index (κ2) is 9.17. The zero-order valence-electron chi connectivity index (χ0n) is 16.9. The molecule has 2 aromatic rings. The molecule has 0 fully saturated rings. The van der Waals surface area contributed by atoms with E-state index in [9.17, 15) is 14.4 Å². The minimum Gasteiger partial charge on any atom is -0.326 e. The summed E-state index contributed by atoms with van der Waals surface area (Å²) < 4.78 is 0. The zero-order chi connectivity index (χ0) is 20.8. The van der Waals surface area contributed by atoms with Gasteiger partial charge in [0.05, 0.1) is 0 Å². The molecule has 0 radical (unpaired) electrons. The Bertz CT molecular complexity index is 871. The van der Waals surface area contributed by atoms with Crippen LogP contribution in [0.3, 0.4) is 0 Å². The molecule has 0 spiro atoms. The van der Waals surface area contributed by atoms with Crippen LogP contribution in [0.15, 0.2) is 42.5 Å². The molecule has 0 heterocycles. The maximum Gasteiger partial charge on any atom is 0.255 e. The maximum absolute atomic E-state index is 12.6. The number of nitrogens with one attached hydrogen (secondary N) is 3. The monoisotopic (exact) mass is 381 g/mol. The largest absolute Gasteiger partial charge is 0.326 e. The number of hydrogen-bond donors (Lipinski definition) is 3. The predicted octanol–water partition coefficient (Wildman–Crippen LogP) is 4.44. The Labute approximate surface area is 165 Å². The standard InChI is InChI=1S/C22H27N3O3/c1-13(2)20(26)23-17-10-7-16(8-11-17)22(28)25-19-12-18(9-6-15(19)5)24-21(27)14(3)4/h6-14H,1-5H3,(H,23,26)(H,24,27)(H,25,28). The van der Waals surface area contributed by atoms with Crippen molar-refractivity contribution in [3.05, 3.63) is 53.6 Å². The molecule has 148 valence electrons. The van der Waals surface area contributed by atoms with E-state index in [2.05, 4.69) is 16.0 Å². The summed E-state index contributed by atoms with van der Waals surface area (Å²) in [6.45, 7) is 9.15. The van der Waals surface area contributed by atoms with Crippen molar-refractivity contribution in [3.63, 3.8) is 0 Å². The number of anilines is 3. The van der Waals surface area contributed by atoms with Crippen LogP contribution in [0.4, 0.5) is 17.1 Å². The van der Waals surface area contributed by atoms with Gasteiger partial charge in [0.25, 0.3) is 5.91 Å². The molecule has 3 N–H and O–H groups in total. The van der Waals surface area contributed by atoms with E-state index in [4.69, 9.17) is 0 Å². The maximum atomic E-state index is 12.6. The Balaban J connectivity index is 2.09. The zero-order valence-corrected chi connectivity index (χ0v) is 16.9. The van der Waals surface area contributed by atoms with Crippen molar-refractivity contribution >= 4 is 34.8 Å². The smallest absolute Gasteiger partial charge is 0.255 e. The fourth-order valence-corrected chi connectivity index (χ4v) is 2.31. The molecule has 0 atom stereocenters. The number of aryl methyl sites for hydroxylation is 1. The van der Waals surface area contributed by atoms with E-state index in [1.807, 2.05) is 40.7 Å². The van der Waals surface area contributed by atoms with E-state index in [0.29, 0.717) is 22.6 Å². The van der Waals surface area contributed by atoms with Gasteiger partial charge in [0.15, 0.2) is 0 Å². The molecule has 0 bridgehead atoms. The van der Waals surface area contributed by atoms with Crippen LogP contribution in [0.25, 0.3) is 0 Å². The van der Waals surface area contributed by atoms with Crippen LogP contribution in [-0.2, 0) is 9.59 Å². The number of rotatable bonds is 6. The summed E-state index contributed by atoms with van der Waals surface area (Å²) in [5.74, 6) is -0.672. The molecule has 28 heavy (non-hydrogen) atoms. The summed E-state index contributed by atoms with van der Waals surface area (Å²) in [4.78, 5) is 36.2. The van der Waals surface area contributed by atoms with Crippen LogP contribution in [0, 0.1) is 18.8 Å². The van der Waals surface area contributed by atoms with Crippen LogP contribution in [0.5, 0.6) is 0 Å². The first-order valence-corrected chi connectivity index (χ1v) is 9.31. The van der Waals surface area contributed by atoms with Crippen molar-refractivity contribution in [2.24, 2.45) is 11.8 Å². The van der Waals surface area contributed by atoms with E-state index in [1.54, 1.807) is 36.4 Å².